The number of likely N-dealkylation sites (tertiary alicyclic amines) is 1. The number of nitrogens with zero attached hydrogens (tertiary/aromatic N) is 1. The van der Waals surface area contributed by atoms with Crippen molar-refractivity contribution in [3.63, 3.8) is 0 Å². The van der Waals surface area contributed by atoms with Gasteiger partial charge in [0, 0.05) is 33.4 Å². The van der Waals surface area contributed by atoms with E-state index in [1.807, 2.05) is 35.2 Å². The molecule has 0 spiro atoms. The van der Waals surface area contributed by atoms with E-state index in [1.54, 1.807) is 7.11 Å². The highest BCUT2D eigenvalue weighted by Crippen LogP contribution is 2.28. The van der Waals surface area contributed by atoms with Crippen molar-refractivity contribution < 1.29 is 14.3 Å². The number of hydrogen-bond acceptors (Lipinski definition) is 3. The molecule has 132 valence electrons. The highest BCUT2D eigenvalue weighted by atomic mass is 16.5. The number of ether oxygens (including phenoxy) is 2. The minimum atomic E-state index is -0.112. The average Bonchev–Trinajstić information content (AvgIpc) is 3.18. The zero-order valence-corrected chi connectivity index (χ0v) is 14.4. The second kappa shape index (κ2) is 8.49. The van der Waals surface area contributed by atoms with Crippen LogP contribution >= 0.6 is 0 Å². The summed E-state index contributed by atoms with van der Waals surface area (Å²) in [5.41, 5.74) is 1.08. The van der Waals surface area contributed by atoms with Gasteiger partial charge in [-0.25, -0.2) is 4.79 Å². The monoisotopic (exact) mass is 332 g/mol. The minimum absolute atomic E-state index is 0.0128. The molecule has 0 aromatic heterocycles. The molecule has 1 N–H and O–H groups in total. The quantitative estimate of drug-likeness (QED) is 0.902. The fourth-order valence-corrected chi connectivity index (χ4v) is 3.75. The predicted molar refractivity (Wildman–Crippen MR) is 92.9 cm³/mol. The maximum absolute atomic E-state index is 12.4. The minimum Gasteiger partial charge on any atom is -0.378 e. The number of piperidine rings is 1. The summed E-state index contributed by atoms with van der Waals surface area (Å²) < 4.78 is 11.3. The largest absolute Gasteiger partial charge is 0.378 e. The molecule has 5 nitrogen and oxygen atoms in total. The number of nitrogens with one attached hydrogen (secondary N) is 1. The Hall–Kier alpha value is -1.59. The van der Waals surface area contributed by atoms with Crippen LogP contribution in [0.1, 0.15) is 37.4 Å². The van der Waals surface area contributed by atoms with Crippen molar-refractivity contribution in [1.29, 1.82) is 0 Å². The van der Waals surface area contributed by atoms with Gasteiger partial charge in [0.25, 0.3) is 0 Å². The van der Waals surface area contributed by atoms with Crippen LogP contribution in [0.5, 0.6) is 0 Å². The first-order chi connectivity index (χ1) is 11.8. The molecule has 2 saturated heterocycles. The van der Waals surface area contributed by atoms with E-state index < -0.39 is 0 Å². The van der Waals surface area contributed by atoms with Crippen LogP contribution in [0.3, 0.4) is 0 Å². The second-order valence-corrected chi connectivity index (χ2v) is 6.70. The van der Waals surface area contributed by atoms with Gasteiger partial charge < -0.3 is 19.7 Å². The smallest absolute Gasteiger partial charge is 0.317 e. The van der Waals surface area contributed by atoms with Gasteiger partial charge in [0.15, 0.2) is 0 Å². The first-order valence-corrected chi connectivity index (χ1v) is 9.00. The number of hydrogen-bond donors (Lipinski definition) is 1. The second-order valence-electron chi connectivity index (χ2n) is 6.70. The molecule has 2 amide bonds. The van der Waals surface area contributed by atoms with Gasteiger partial charge in [-0.15, -0.1) is 0 Å². The molecule has 0 saturated carbocycles. The van der Waals surface area contributed by atoms with Crippen molar-refractivity contribution >= 4 is 6.03 Å². The summed E-state index contributed by atoms with van der Waals surface area (Å²) >= 11 is 0. The summed E-state index contributed by atoms with van der Waals surface area (Å²) in [5, 5.41) is 3.02. The Morgan fingerprint density at radius 1 is 1.29 bits per heavy atom. The van der Waals surface area contributed by atoms with Crippen LogP contribution in [0, 0.1) is 5.92 Å². The van der Waals surface area contributed by atoms with E-state index in [2.05, 4.69) is 5.32 Å². The molecular formula is C19H28N2O3. The van der Waals surface area contributed by atoms with E-state index in [0.717, 1.165) is 38.1 Å². The van der Waals surface area contributed by atoms with Crippen LogP contribution in [0.2, 0.25) is 0 Å². The third-order valence-corrected chi connectivity index (χ3v) is 5.21. The lowest BCUT2D eigenvalue weighted by Crippen LogP contribution is -2.46. The molecule has 2 unspecified atom stereocenters. The van der Waals surface area contributed by atoms with Crippen molar-refractivity contribution in [1.82, 2.24) is 10.2 Å². The molecule has 2 aliphatic rings. The van der Waals surface area contributed by atoms with Gasteiger partial charge in [0.2, 0.25) is 0 Å². The lowest BCUT2D eigenvalue weighted by Gasteiger charge is -2.34. The number of amides is 2. The van der Waals surface area contributed by atoms with E-state index in [9.17, 15) is 4.79 Å². The van der Waals surface area contributed by atoms with Crippen molar-refractivity contribution in [2.75, 3.05) is 33.4 Å². The summed E-state index contributed by atoms with van der Waals surface area (Å²) in [5.74, 6) is 0.618. The summed E-state index contributed by atoms with van der Waals surface area (Å²) in [6.45, 7) is 3.03. The molecule has 2 fully saturated rings. The summed E-state index contributed by atoms with van der Waals surface area (Å²) in [4.78, 5) is 14.3. The Bertz CT molecular complexity index is 509. The molecule has 2 atom stereocenters. The zero-order valence-electron chi connectivity index (χ0n) is 14.4. The highest BCUT2D eigenvalue weighted by molar-refractivity contribution is 5.74. The molecule has 5 heteroatoms. The molecule has 1 aromatic rings. The topological polar surface area (TPSA) is 50.8 Å². The lowest BCUT2D eigenvalue weighted by molar-refractivity contribution is 0.0367. The number of carbonyl (C=O) groups is 1. The molecule has 2 aliphatic heterocycles. The molecular weight excluding hydrogens is 304 g/mol. The number of methoxy groups -OCH3 is 1. The average molecular weight is 332 g/mol. The van der Waals surface area contributed by atoms with E-state index in [4.69, 9.17) is 9.47 Å². The normalized spacial score (nSPS) is 23.2. The third kappa shape index (κ3) is 4.28. The van der Waals surface area contributed by atoms with Crippen LogP contribution < -0.4 is 5.32 Å². The molecule has 2 heterocycles. The first-order valence-electron chi connectivity index (χ1n) is 9.00. The van der Waals surface area contributed by atoms with Crippen molar-refractivity contribution in [2.24, 2.45) is 5.92 Å². The van der Waals surface area contributed by atoms with Crippen molar-refractivity contribution in [2.45, 2.75) is 37.9 Å². The number of benzene rings is 1. The first kappa shape index (κ1) is 17.2. The molecule has 0 aliphatic carbocycles. The van der Waals surface area contributed by atoms with Crippen LogP contribution in [-0.4, -0.2) is 50.4 Å². The van der Waals surface area contributed by atoms with Gasteiger partial charge in [-0.2, -0.15) is 0 Å². The van der Waals surface area contributed by atoms with Gasteiger partial charge in [-0.3, -0.25) is 0 Å². The molecule has 0 radical (unpaired) electrons. The molecule has 24 heavy (non-hydrogen) atoms. The molecule has 3 rings (SSSR count). The van der Waals surface area contributed by atoms with Crippen molar-refractivity contribution in [3.8, 4) is 0 Å². The number of urea groups is 1. The zero-order chi connectivity index (χ0) is 16.8. The SMILES string of the molecule is COC(CNC(=O)N1CCC(C2CCCO2)CC1)c1ccccc1. The van der Waals surface area contributed by atoms with Crippen LogP contribution in [0.4, 0.5) is 4.79 Å². The highest BCUT2D eigenvalue weighted by Gasteiger charge is 2.30. The van der Waals surface area contributed by atoms with E-state index in [-0.39, 0.29) is 12.1 Å². The predicted octanol–water partition coefficient (Wildman–Crippen LogP) is 2.97. The van der Waals surface area contributed by atoms with Gasteiger partial charge in [-0.05, 0) is 37.2 Å². The van der Waals surface area contributed by atoms with Crippen LogP contribution in [0.15, 0.2) is 30.3 Å². The fourth-order valence-electron chi connectivity index (χ4n) is 3.75. The Labute approximate surface area is 144 Å². The summed E-state index contributed by atoms with van der Waals surface area (Å²) in [6.07, 6.45) is 4.77. The molecule has 1 aromatic carbocycles. The third-order valence-electron chi connectivity index (χ3n) is 5.21. The van der Waals surface area contributed by atoms with Gasteiger partial charge in [-0.1, -0.05) is 30.3 Å². The Morgan fingerprint density at radius 3 is 2.67 bits per heavy atom. The number of carbonyl (C=O) groups excluding carboxylic acids is 1. The Morgan fingerprint density at radius 2 is 2.04 bits per heavy atom. The van der Waals surface area contributed by atoms with Crippen molar-refractivity contribution in [3.05, 3.63) is 35.9 Å². The molecule has 0 bridgehead atoms. The Balaban J connectivity index is 1.44. The maximum atomic E-state index is 12.4. The van der Waals surface area contributed by atoms with Gasteiger partial charge >= 0.3 is 6.03 Å². The summed E-state index contributed by atoms with van der Waals surface area (Å²) in [6, 6.07) is 10.0. The van der Waals surface area contributed by atoms with E-state index in [0.29, 0.717) is 18.6 Å². The van der Waals surface area contributed by atoms with Crippen LogP contribution in [0.25, 0.3) is 0 Å². The van der Waals surface area contributed by atoms with E-state index >= 15 is 0 Å². The maximum Gasteiger partial charge on any atom is 0.317 e. The number of rotatable bonds is 5. The lowest BCUT2D eigenvalue weighted by atomic mass is 9.90. The van der Waals surface area contributed by atoms with Gasteiger partial charge in [0.1, 0.15) is 0 Å². The Kier molecular flexibility index (Phi) is 6.10. The van der Waals surface area contributed by atoms with E-state index in [1.165, 1.54) is 12.8 Å². The van der Waals surface area contributed by atoms with Crippen LogP contribution in [-0.2, 0) is 9.47 Å². The van der Waals surface area contributed by atoms with Gasteiger partial charge in [0.05, 0.1) is 12.2 Å². The summed E-state index contributed by atoms with van der Waals surface area (Å²) in [7, 11) is 1.68. The fraction of sp³-hybridized carbons (Fsp3) is 0.632. The standard InChI is InChI=1S/C19H28N2O3/c1-23-18(15-6-3-2-4-7-15)14-20-19(22)21-11-9-16(10-12-21)17-8-5-13-24-17/h2-4,6-7,16-18H,5,8-14H2,1H3,(H,20,22).